The van der Waals surface area contributed by atoms with Crippen molar-refractivity contribution in [2.75, 3.05) is 5.32 Å². The van der Waals surface area contributed by atoms with Crippen molar-refractivity contribution < 1.29 is 13.2 Å². The SMILES string of the molecule is CC(C)(C)NS(=O)(=O)c1ccc(CCC(=O)Nc2c(Cl)cccc2Cl)cc1. The van der Waals surface area contributed by atoms with E-state index in [2.05, 4.69) is 10.0 Å². The number of nitrogens with one attached hydrogen (secondary N) is 2. The molecule has 1 amide bonds. The highest BCUT2D eigenvalue weighted by molar-refractivity contribution is 7.89. The lowest BCUT2D eigenvalue weighted by atomic mass is 10.1. The van der Waals surface area contributed by atoms with Crippen LogP contribution in [0, 0.1) is 0 Å². The monoisotopic (exact) mass is 428 g/mol. The molecule has 27 heavy (non-hydrogen) atoms. The molecule has 0 spiro atoms. The predicted molar refractivity (Wildman–Crippen MR) is 110 cm³/mol. The summed E-state index contributed by atoms with van der Waals surface area (Å²) >= 11 is 12.1. The number of hydrogen-bond acceptors (Lipinski definition) is 3. The molecule has 2 rings (SSSR count). The van der Waals surface area contributed by atoms with Crippen LogP contribution in [0.5, 0.6) is 0 Å². The first-order chi connectivity index (χ1) is 12.5. The van der Waals surface area contributed by atoms with Gasteiger partial charge < -0.3 is 5.32 Å². The van der Waals surface area contributed by atoms with Crippen molar-refractivity contribution in [1.29, 1.82) is 0 Å². The molecular weight excluding hydrogens is 407 g/mol. The van der Waals surface area contributed by atoms with Crippen LogP contribution < -0.4 is 10.0 Å². The molecule has 0 aliphatic heterocycles. The number of benzene rings is 2. The van der Waals surface area contributed by atoms with E-state index in [0.717, 1.165) is 5.56 Å². The van der Waals surface area contributed by atoms with Crippen molar-refractivity contribution in [3.8, 4) is 0 Å². The molecule has 0 saturated carbocycles. The number of amides is 1. The normalized spacial score (nSPS) is 12.0. The summed E-state index contributed by atoms with van der Waals surface area (Å²) in [5, 5.41) is 3.45. The minimum Gasteiger partial charge on any atom is -0.324 e. The third kappa shape index (κ3) is 6.50. The average Bonchev–Trinajstić information content (AvgIpc) is 2.55. The van der Waals surface area contributed by atoms with Crippen LogP contribution in [0.2, 0.25) is 10.0 Å². The molecule has 2 aromatic carbocycles. The van der Waals surface area contributed by atoms with Crippen LogP contribution in [-0.4, -0.2) is 19.9 Å². The van der Waals surface area contributed by atoms with E-state index in [1.165, 1.54) is 12.1 Å². The molecule has 0 saturated heterocycles. The zero-order valence-corrected chi connectivity index (χ0v) is 17.7. The van der Waals surface area contributed by atoms with Crippen LogP contribution in [0.4, 0.5) is 5.69 Å². The van der Waals surface area contributed by atoms with Crippen LogP contribution in [0.25, 0.3) is 0 Å². The highest BCUT2D eigenvalue weighted by Crippen LogP contribution is 2.29. The van der Waals surface area contributed by atoms with Crippen molar-refractivity contribution in [3.05, 3.63) is 58.1 Å². The summed E-state index contributed by atoms with van der Waals surface area (Å²) < 4.78 is 27.2. The zero-order chi connectivity index (χ0) is 20.2. The number of para-hydroxylation sites is 1. The van der Waals surface area contributed by atoms with Gasteiger partial charge in [0.2, 0.25) is 15.9 Å². The van der Waals surface area contributed by atoms with Gasteiger partial charge in [0.15, 0.2) is 0 Å². The number of carbonyl (C=O) groups is 1. The van der Waals surface area contributed by atoms with Gasteiger partial charge in [-0.1, -0.05) is 41.4 Å². The third-order valence-electron chi connectivity index (χ3n) is 3.54. The third-order valence-corrected chi connectivity index (χ3v) is 5.95. The van der Waals surface area contributed by atoms with E-state index in [0.29, 0.717) is 22.2 Å². The maximum atomic E-state index is 12.3. The topological polar surface area (TPSA) is 75.3 Å². The number of halogens is 2. The molecule has 0 aromatic heterocycles. The zero-order valence-electron chi connectivity index (χ0n) is 15.3. The van der Waals surface area contributed by atoms with Gasteiger partial charge in [-0.15, -0.1) is 0 Å². The molecule has 2 N–H and O–H groups in total. The van der Waals surface area contributed by atoms with E-state index in [-0.39, 0.29) is 17.2 Å². The van der Waals surface area contributed by atoms with Crippen LogP contribution in [0.3, 0.4) is 0 Å². The minimum absolute atomic E-state index is 0.188. The van der Waals surface area contributed by atoms with Crippen LogP contribution in [0.15, 0.2) is 47.4 Å². The lowest BCUT2D eigenvalue weighted by Crippen LogP contribution is -2.40. The second-order valence-corrected chi connectivity index (χ2v) is 9.64. The van der Waals surface area contributed by atoms with E-state index >= 15 is 0 Å². The molecule has 0 fully saturated rings. The van der Waals surface area contributed by atoms with E-state index < -0.39 is 15.6 Å². The molecule has 0 aliphatic carbocycles. The molecule has 0 heterocycles. The Morgan fingerprint density at radius 1 is 1.00 bits per heavy atom. The first kappa shape index (κ1) is 21.7. The molecule has 8 heteroatoms. The molecule has 2 aromatic rings. The van der Waals surface area contributed by atoms with Crippen molar-refractivity contribution in [2.45, 2.75) is 44.0 Å². The van der Waals surface area contributed by atoms with Gasteiger partial charge in [-0.25, -0.2) is 13.1 Å². The van der Waals surface area contributed by atoms with Crippen molar-refractivity contribution in [2.24, 2.45) is 0 Å². The van der Waals surface area contributed by atoms with Gasteiger partial charge in [0.1, 0.15) is 0 Å². The second-order valence-electron chi connectivity index (χ2n) is 7.14. The Morgan fingerprint density at radius 3 is 2.07 bits per heavy atom. The first-order valence-corrected chi connectivity index (χ1v) is 10.6. The molecule has 0 unspecified atom stereocenters. The Hall–Kier alpha value is -1.60. The van der Waals surface area contributed by atoms with Crippen LogP contribution >= 0.6 is 23.2 Å². The summed E-state index contributed by atoms with van der Waals surface area (Å²) in [5.41, 5.74) is 0.681. The molecule has 146 valence electrons. The summed E-state index contributed by atoms with van der Waals surface area (Å²) in [6, 6.07) is 11.5. The van der Waals surface area contributed by atoms with E-state index in [4.69, 9.17) is 23.2 Å². The van der Waals surface area contributed by atoms with Gasteiger partial charge in [-0.05, 0) is 57.0 Å². The van der Waals surface area contributed by atoms with E-state index in [1.54, 1.807) is 51.1 Å². The Morgan fingerprint density at radius 2 is 1.56 bits per heavy atom. The smallest absolute Gasteiger partial charge is 0.241 e. The molecule has 5 nitrogen and oxygen atoms in total. The highest BCUT2D eigenvalue weighted by Gasteiger charge is 2.21. The summed E-state index contributed by atoms with van der Waals surface area (Å²) in [5.74, 6) is -0.226. The first-order valence-electron chi connectivity index (χ1n) is 8.35. The number of aryl methyl sites for hydroxylation is 1. The Balaban J connectivity index is 1.98. The fraction of sp³-hybridized carbons (Fsp3) is 0.316. The van der Waals surface area contributed by atoms with Crippen LogP contribution in [-0.2, 0) is 21.2 Å². The van der Waals surface area contributed by atoms with Crippen molar-refractivity contribution >= 4 is 44.8 Å². The molecule has 0 bridgehead atoms. The quantitative estimate of drug-likeness (QED) is 0.703. The van der Waals surface area contributed by atoms with Crippen LogP contribution in [0.1, 0.15) is 32.8 Å². The highest BCUT2D eigenvalue weighted by atomic mass is 35.5. The second kappa shape index (κ2) is 8.61. The Bertz CT molecular complexity index is 901. The fourth-order valence-electron chi connectivity index (χ4n) is 2.37. The molecule has 0 radical (unpaired) electrons. The van der Waals surface area contributed by atoms with Gasteiger partial charge in [0.05, 0.1) is 20.6 Å². The number of rotatable bonds is 6. The lowest BCUT2D eigenvalue weighted by molar-refractivity contribution is -0.116. The maximum Gasteiger partial charge on any atom is 0.241 e. The summed E-state index contributed by atoms with van der Waals surface area (Å²) in [6.07, 6.45) is 0.675. The number of anilines is 1. The largest absolute Gasteiger partial charge is 0.324 e. The van der Waals surface area contributed by atoms with E-state index in [9.17, 15) is 13.2 Å². The van der Waals surface area contributed by atoms with Gasteiger partial charge in [0.25, 0.3) is 0 Å². The number of hydrogen-bond donors (Lipinski definition) is 2. The average molecular weight is 429 g/mol. The number of sulfonamides is 1. The minimum atomic E-state index is -3.57. The predicted octanol–water partition coefficient (Wildman–Crippen LogP) is 4.64. The molecule has 0 aliphatic rings. The summed E-state index contributed by atoms with van der Waals surface area (Å²) in [6.45, 7) is 5.34. The van der Waals surface area contributed by atoms with Gasteiger partial charge in [0, 0.05) is 12.0 Å². The Kier molecular flexibility index (Phi) is 6.92. The van der Waals surface area contributed by atoms with Gasteiger partial charge >= 0.3 is 0 Å². The van der Waals surface area contributed by atoms with Gasteiger partial charge in [-0.2, -0.15) is 0 Å². The molecule has 0 atom stereocenters. The molecular formula is C19H22Cl2N2O3S. The standard InChI is InChI=1S/C19H22Cl2N2O3S/c1-19(2,3)23-27(25,26)14-10-7-13(8-11-14)9-12-17(24)22-18-15(20)5-4-6-16(18)21/h4-8,10-11,23H,9,12H2,1-3H3,(H,22,24). The maximum absolute atomic E-state index is 12.3. The van der Waals surface area contributed by atoms with Crippen molar-refractivity contribution in [1.82, 2.24) is 4.72 Å². The van der Waals surface area contributed by atoms with Gasteiger partial charge in [-0.3, -0.25) is 4.79 Å². The summed E-state index contributed by atoms with van der Waals surface area (Å²) in [4.78, 5) is 12.3. The Labute approximate surface area is 170 Å². The van der Waals surface area contributed by atoms with E-state index in [1.807, 2.05) is 0 Å². The van der Waals surface area contributed by atoms with Crippen molar-refractivity contribution in [3.63, 3.8) is 0 Å². The fourth-order valence-corrected chi connectivity index (χ4v) is 4.28. The number of carbonyl (C=O) groups excluding carboxylic acids is 1. The summed E-state index contributed by atoms with van der Waals surface area (Å²) in [7, 11) is -3.57. The lowest BCUT2D eigenvalue weighted by Gasteiger charge is -2.20.